The molecule has 0 heterocycles. The van der Waals surface area contributed by atoms with Gasteiger partial charge in [-0.05, 0) is 36.4 Å². The second kappa shape index (κ2) is 6.47. The normalized spacial score (nSPS) is 10.2. The zero-order valence-electron chi connectivity index (χ0n) is 10.4. The summed E-state index contributed by atoms with van der Waals surface area (Å²) >= 11 is 14.9. The van der Waals surface area contributed by atoms with Gasteiger partial charge in [-0.15, -0.1) is 0 Å². The molecule has 0 bridgehead atoms. The second-order valence-corrected chi connectivity index (χ2v) is 5.87. The first kappa shape index (κ1) is 15.8. The molecule has 0 aliphatic heterocycles. The predicted octanol–water partition coefficient (Wildman–Crippen LogP) is 4.71. The van der Waals surface area contributed by atoms with E-state index in [9.17, 15) is 9.59 Å². The first-order valence-corrected chi connectivity index (χ1v) is 7.22. The van der Waals surface area contributed by atoms with Gasteiger partial charge in [0.2, 0.25) is 0 Å². The van der Waals surface area contributed by atoms with E-state index in [1.54, 1.807) is 12.1 Å². The molecule has 2 N–H and O–H groups in total. The highest BCUT2D eigenvalue weighted by Crippen LogP contribution is 2.23. The highest BCUT2D eigenvalue weighted by atomic mass is 79.9. The summed E-state index contributed by atoms with van der Waals surface area (Å²) in [6.07, 6.45) is 0. The zero-order chi connectivity index (χ0) is 15.6. The van der Waals surface area contributed by atoms with Crippen molar-refractivity contribution in [3.8, 4) is 0 Å². The maximum Gasteiger partial charge on any atom is 0.337 e. The topological polar surface area (TPSA) is 66.4 Å². The number of amides is 1. The van der Waals surface area contributed by atoms with Gasteiger partial charge in [-0.25, -0.2) is 4.79 Å². The summed E-state index contributed by atoms with van der Waals surface area (Å²) in [4.78, 5) is 23.1. The predicted molar refractivity (Wildman–Crippen MR) is 85.5 cm³/mol. The van der Waals surface area contributed by atoms with Crippen molar-refractivity contribution in [1.29, 1.82) is 0 Å². The van der Waals surface area contributed by atoms with Gasteiger partial charge >= 0.3 is 5.97 Å². The summed E-state index contributed by atoms with van der Waals surface area (Å²) in [5, 5.41) is 12.1. The van der Waals surface area contributed by atoms with Crippen LogP contribution in [0.5, 0.6) is 0 Å². The van der Waals surface area contributed by atoms with Crippen LogP contribution in [-0.2, 0) is 0 Å². The first-order valence-electron chi connectivity index (χ1n) is 5.67. The minimum Gasteiger partial charge on any atom is -0.478 e. The number of halogens is 3. The van der Waals surface area contributed by atoms with E-state index in [0.717, 1.165) is 0 Å². The first-order chi connectivity index (χ1) is 9.86. The van der Waals surface area contributed by atoms with E-state index in [2.05, 4.69) is 21.2 Å². The summed E-state index contributed by atoms with van der Waals surface area (Å²) in [7, 11) is 0. The smallest absolute Gasteiger partial charge is 0.337 e. The van der Waals surface area contributed by atoms with E-state index >= 15 is 0 Å². The van der Waals surface area contributed by atoms with Crippen LogP contribution in [0, 0.1) is 0 Å². The molecule has 2 aromatic carbocycles. The van der Waals surface area contributed by atoms with Gasteiger partial charge < -0.3 is 10.4 Å². The van der Waals surface area contributed by atoms with Crippen molar-refractivity contribution >= 4 is 56.7 Å². The molecule has 0 unspecified atom stereocenters. The highest BCUT2D eigenvalue weighted by Gasteiger charge is 2.12. The van der Waals surface area contributed by atoms with E-state index in [1.165, 1.54) is 24.3 Å². The molecule has 0 radical (unpaired) electrons. The van der Waals surface area contributed by atoms with E-state index in [-0.39, 0.29) is 10.6 Å². The Bertz CT molecular complexity index is 714. The minimum absolute atomic E-state index is 0.0817. The number of carboxylic acids is 1. The van der Waals surface area contributed by atoms with E-state index < -0.39 is 11.9 Å². The Balaban J connectivity index is 2.27. The molecule has 0 saturated carbocycles. The Labute approximate surface area is 138 Å². The number of carboxylic acid groups (broad SMARTS) is 1. The van der Waals surface area contributed by atoms with E-state index in [0.29, 0.717) is 20.7 Å². The molecule has 2 aromatic rings. The largest absolute Gasteiger partial charge is 0.478 e. The van der Waals surface area contributed by atoms with Crippen molar-refractivity contribution in [2.45, 2.75) is 0 Å². The van der Waals surface area contributed by atoms with Crippen LogP contribution >= 0.6 is 39.1 Å². The molecule has 2 rings (SSSR count). The van der Waals surface area contributed by atoms with Crippen molar-refractivity contribution in [3.05, 3.63) is 62.0 Å². The van der Waals surface area contributed by atoms with Gasteiger partial charge in [0.25, 0.3) is 5.91 Å². The molecule has 0 aliphatic carbocycles. The Kier molecular flexibility index (Phi) is 4.88. The van der Waals surface area contributed by atoms with Gasteiger partial charge in [-0.2, -0.15) is 0 Å². The fraction of sp³-hybridized carbons (Fsp3) is 0. The standard InChI is InChI=1S/C14H8BrCl2NO3/c15-8-3-7(4-9(16)5-8)13(19)18-10-1-2-12(17)11(6-10)14(20)21/h1-6H,(H,18,19)(H,20,21). The molecule has 0 aliphatic rings. The molecule has 0 saturated heterocycles. The van der Waals surface area contributed by atoms with Crippen LogP contribution in [0.25, 0.3) is 0 Å². The number of carbonyl (C=O) groups is 2. The molecular weight excluding hydrogens is 381 g/mol. The van der Waals surface area contributed by atoms with Gasteiger partial charge in [0.15, 0.2) is 0 Å². The average Bonchev–Trinajstić information content (AvgIpc) is 2.39. The number of hydrogen-bond donors (Lipinski definition) is 2. The zero-order valence-corrected chi connectivity index (χ0v) is 13.5. The molecule has 21 heavy (non-hydrogen) atoms. The van der Waals surface area contributed by atoms with E-state index in [4.69, 9.17) is 28.3 Å². The number of hydrogen-bond acceptors (Lipinski definition) is 2. The second-order valence-electron chi connectivity index (χ2n) is 4.11. The van der Waals surface area contributed by atoms with Crippen LogP contribution < -0.4 is 5.32 Å². The number of carbonyl (C=O) groups excluding carboxylic acids is 1. The molecular formula is C14H8BrCl2NO3. The number of aromatic carboxylic acids is 1. The maximum atomic E-state index is 12.1. The Morgan fingerprint density at radius 1 is 1.10 bits per heavy atom. The molecule has 4 nitrogen and oxygen atoms in total. The average molecular weight is 389 g/mol. The Morgan fingerprint density at radius 2 is 1.81 bits per heavy atom. The Morgan fingerprint density at radius 3 is 2.43 bits per heavy atom. The van der Waals surface area contributed by atoms with E-state index in [1.807, 2.05) is 0 Å². The SMILES string of the molecule is O=C(Nc1ccc(Cl)c(C(=O)O)c1)c1cc(Cl)cc(Br)c1. The number of anilines is 1. The molecule has 0 atom stereocenters. The third-order valence-corrected chi connectivity index (χ3v) is 3.59. The molecule has 0 fully saturated rings. The number of benzene rings is 2. The third kappa shape index (κ3) is 3.97. The molecule has 0 spiro atoms. The van der Waals surface area contributed by atoms with Gasteiger partial charge in [-0.3, -0.25) is 4.79 Å². The fourth-order valence-electron chi connectivity index (χ4n) is 1.66. The van der Waals surface area contributed by atoms with Gasteiger partial charge in [-0.1, -0.05) is 39.1 Å². The van der Waals surface area contributed by atoms with Crippen LogP contribution in [0.15, 0.2) is 40.9 Å². The van der Waals surface area contributed by atoms with Crippen LogP contribution in [-0.4, -0.2) is 17.0 Å². The van der Waals surface area contributed by atoms with Crippen LogP contribution in [0.3, 0.4) is 0 Å². The van der Waals surface area contributed by atoms with Crippen LogP contribution in [0.4, 0.5) is 5.69 Å². The minimum atomic E-state index is -1.17. The van der Waals surface area contributed by atoms with Crippen molar-refractivity contribution in [1.82, 2.24) is 0 Å². The summed E-state index contributed by atoms with van der Waals surface area (Å²) in [5.74, 6) is -1.57. The molecule has 1 amide bonds. The summed E-state index contributed by atoms with van der Waals surface area (Å²) in [6.45, 7) is 0. The quantitative estimate of drug-likeness (QED) is 0.800. The monoisotopic (exact) mass is 387 g/mol. The fourth-order valence-corrected chi connectivity index (χ4v) is 2.71. The summed E-state index contributed by atoms with van der Waals surface area (Å²) in [5.41, 5.74) is 0.598. The Hall–Kier alpha value is -1.56. The van der Waals surface area contributed by atoms with Crippen molar-refractivity contribution < 1.29 is 14.7 Å². The molecule has 108 valence electrons. The van der Waals surface area contributed by atoms with Gasteiger partial charge in [0.1, 0.15) is 0 Å². The van der Waals surface area contributed by atoms with Crippen molar-refractivity contribution in [3.63, 3.8) is 0 Å². The lowest BCUT2D eigenvalue weighted by molar-refractivity contribution is 0.0696. The van der Waals surface area contributed by atoms with Crippen LogP contribution in [0.1, 0.15) is 20.7 Å². The highest BCUT2D eigenvalue weighted by molar-refractivity contribution is 9.10. The number of nitrogens with one attached hydrogen (secondary N) is 1. The summed E-state index contributed by atoms with van der Waals surface area (Å²) < 4.78 is 0.669. The van der Waals surface area contributed by atoms with Gasteiger partial charge in [0.05, 0.1) is 10.6 Å². The lowest BCUT2D eigenvalue weighted by Crippen LogP contribution is -2.12. The maximum absolute atomic E-state index is 12.1. The van der Waals surface area contributed by atoms with Crippen molar-refractivity contribution in [2.24, 2.45) is 0 Å². The van der Waals surface area contributed by atoms with Crippen LogP contribution in [0.2, 0.25) is 10.0 Å². The lowest BCUT2D eigenvalue weighted by Gasteiger charge is -2.08. The molecule has 0 aromatic heterocycles. The summed E-state index contributed by atoms with van der Waals surface area (Å²) in [6, 6.07) is 9.00. The molecule has 7 heteroatoms. The third-order valence-electron chi connectivity index (χ3n) is 2.58. The van der Waals surface area contributed by atoms with Crippen molar-refractivity contribution in [2.75, 3.05) is 5.32 Å². The van der Waals surface area contributed by atoms with Gasteiger partial charge in [0, 0.05) is 20.7 Å². The lowest BCUT2D eigenvalue weighted by atomic mass is 10.1. The number of rotatable bonds is 3.